The Bertz CT molecular complexity index is 678. The summed E-state index contributed by atoms with van der Waals surface area (Å²) in [7, 11) is 0. The molecule has 0 radical (unpaired) electrons. The van der Waals surface area contributed by atoms with Crippen LogP contribution in [0.25, 0.3) is 0 Å². The predicted octanol–water partition coefficient (Wildman–Crippen LogP) is -0.858. The average Bonchev–Trinajstić information content (AvgIpc) is 2.58. The van der Waals surface area contributed by atoms with Gasteiger partial charge in [0, 0.05) is 6.42 Å². The third-order valence-electron chi connectivity index (χ3n) is 3.90. The lowest BCUT2D eigenvalue weighted by atomic mass is 10.0. The molecule has 0 bridgehead atoms. The lowest BCUT2D eigenvalue weighted by Crippen LogP contribution is -2.56. The number of carboxylic acid groups (broad SMARTS) is 1. The lowest BCUT2D eigenvalue weighted by molar-refractivity contribution is -0.143. The summed E-state index contributed by atoms with van der Waals surface area (Å²) in [5.41, 5.74) is 11.4. The molecule has 3 atom stereocenters. The van der Waals surface area contributed by atoms with Gasteiger partial charge in [0.1, 0.15) is 12.1 Å². The topological polar surface area (TPSA) is 165 Å². The molecule has 1 aromatic carbocycles. The Balaban J connectivity index is 2.95. The van der Waals surface area contributed by atoms with Gasteiger partial charge in [-0.1, -0.05) is 44.2 Å². The van der Waals surface area contributed by atoms with Crippen molar-refractivity contribution in [3.05, 3.63) is 35.9 Å². The van der Waals surface area contributed by atoms with Crippen molar-refractivity contribution in [3.63, 3.8) is 0 Å². The quantitative estimate of drug-likeness (QED) is 0.355. The number of nitrogens with one attached hydrogen (secondary N) is 2. The smallest absolute Gasteiger partial charge is 0.326 e. The van der Waals surface area contributed by atoms with Gasteiger partial charge in [0.15, 0.2) is 0 Å². The van der Waals surface area contributed by atoms with Crippen LogP contribution in [-0.4, -0.2) is 46.9 Å². The first-order valence-corrected chi connectivity index (χ1v) is 8.53. The van der Waals surface area contributed by atoms with Crippen molar-refractivity contribution in [1.82, 2.24) is 10.6 Å². The van der Waals surface area contributed by atoms with Crippen molar-refractivity contribution >= 4 is 23.7 Å². The lowest BCUT2D eigenvalue weighted by Gasteiger charge is -2.24. The molecule has 0 spiro atoms. The zero-order valence-corrected chi connectivity index (χ0v) is 15.3. The van der Waals surface area contributed by atoms with E-state index in [-0.39, 0.29) is 18.8 Å². The van der Waals surface area contributed by atoms with E-state index in [1.54, 1.807) is 44.2 Å². The van der Waals surface area contributed by atoms with Crippen LogP contribution in [0.1, 0.15) is 25.8 Å². The standard InChI is InChI=1S/C18H26N4O5/c1-10(2)15(18(26)27)22-17(25)13(8-11-6-4-3-5-7-11)21-16(24)12(19)9-14(20)23/h3-7,10,12-13,15H,8-9,19H2,1-2H3,(H2,20,23)(H,21,24)(H,22,25)(H,26,27). The molecule has 0 aliphatic heterocycles. The summed E-state index contributed by atoms with van der Waals surface area (Å²) in [5, 5.41) is 14.2. The number of amides is 3. The Labute approximate surface area is 157 Å². The van der Waals surface area contributed by atoms with Gasteiger partial charge in [-0.2, -0.15) is 0 Å². The average molecular weight is 378 g/mol. The van der Waals surface area contributed by atoms with Crippen LogP contribution in [0.4, 0.5) is 0 Å². The van der Waals surface area contributed by atoms with E-state index in [1.165, 1.54) is 0 Å². The first-order chi connectivity index (χ1) is 12.6. The molecule has 0 heterocycles. The fourth-order valence-electron chi connectivity index (χ4n) is 2.41. The highest BCUT2D eigenvalue weighted by molar-refractivity contribution is 5.93. The second-order valence-electron chi connectivity index (χ2n) is 6.60. The van der Waals surface area contributed by atoms with Crippen LogP contribution in [0.2, 0.25) is 0 Å². The number of carboxylic acids is 1. The summed E-state index contributed by atoms with van der Waals surface area (Å²) >= 11 is 0. The van der Waals surface area contributed by atoms with Gasteiger partial charge >= 0.3 is 5.97 Å². The molecule has 0 saturated carbocycles. The molecular weight excluding hydrogens is 352 g/mol. The molecule has 0 saturated heterocycles. The third kappa shape index (κ3) is 7.45. The number of hydrogen-bond acceptors (Lipinski definition) is 5. The van der Waals surface area contributed by atoms with Gasteiger partial charge < -0.3 is 27.2 Å². The Morgan fingerprint density at radius 1 is 1.04 bits per heavy atom. The maximum Gasteiger partial charge on any atom is 0.326 e. The minimum absolute atomic E-state index is 0.131. The van der Waals surface area contributed by atoms with Crippen molar-refractivity contribution < 1.29 is 24.3 Å². The summed E-state index contributed by atoms with van der Waals surface area (Å²) in [4.78, 5) is 47.1. The Morgan fingerprint density at radius 3 is 2.11 bits per heavy atom. The molecule has 1 rings (SSSR count). The van der Waals surface area contributed by atoms with E-state index in [4.69, 9.17) is 11.5 Å². The van der Waals surface area contributed by atoms with Gasteiger partial charge in [0.05, 0.1) is 12.5 Å². The van der Waals surface area contributed by atoms with Crippen molar-refractivity contribution in [2.75, 3.05) is 0 Å². The highest BCUT2D eigenvalue weighted by Gasteiger charge is 2.29. The zero-order chi connectivity index (χ0) is 20.6. The van der Waals surface area contributed by atoms with Crippen LogP contribution in [0, 0.1) is 5.92 Å². The molecule has 3 amide bonds. The first-order valence-electron chi connectivity index (χ1n) is 8.53. The number of nitrogens with two attached hydrogens (primary N) is 2. The molecule has 7 N–H and O–H groups in total. The van der Waals surface area contributed by atoms with E-state index in [1.807, 2.05) is 0 Å². The van der Waals surface area contributed by atoms with Gasteiger partial charge in [0.2, 0.25) is 17.7 Å². The maximum atomic E-state index is 12.6. The molecular formula is C18H26N4O5. The molecule has 0 aromatic heterocycles. The van der Waals surface area contributed by atoms with Crippen LogP contribution in [0.3, 0.4) is 0 Å². The van der Waals surface area contributed by atoms with Gasteiger partial charge in [-0.15, -0.1) is 0 Å². The van der Waals surface area contributed by atoms with E-state index >= 15 is 0 Å². The molecule has 27 heavy (non-hydrogen) atoms. The van der Waals surface area contributed by atoms with Crippen LogP contribution in [-0.2, 0) is 25.6 Å². The van der Waals surface area contributed by atoms with Crippen LogP contribution in [0.5, 0.6) is 0 Å². The van der Waals surface area contributed by atoms with E-state index in [2.05, 4.69) is 10.6 Å². The normalized spacial score (nSPS) is 14.1. The predicted molar refractivity (Wildman–Crippen MR) is 98.3 cm³/mol. The first kappa shape index (κ1) is 22.1. The highest BCUT2D eigenvalue weighted by atomic mass is 16.4. The van der Waals surface area contributed by atoms with Crippen LogP contribution in [0.15, 0.2) is 30.3 Å². The molecule has 0 fully saturated rings. The molecule has 3 unspecified atom stereocenters. The summed E-state index contributed by atoms with van der Waals surface area (Å²) in [5.74, 6) is -3.64. The molecule has 0 aliphatic rings. The van der Waals surface area contributed by atoms with Gasteiger partial charge in [-0.3, -0.25) is 14.4 Å². The van der Waals surface area contributed by atoms with E-state index in [0.29, 0.717) is 0 Å². The molecule has 9 nitrogen and oxygen atoms in total. The molecule has 9 heteroatoms. The number of aliphatic carboxylic acids is 1. The van der Waals surface area contributed by atoms with Crippen molar-refractivity contribution in [1.29, 1.82) is 0 Å². The highest BCUT2D eigenvalue weighted by Crippen LogP contribution is 2.07. The SMILES string of the molecule is CC(C)C(NC(=O)C(Cc1ccccc1)NC(=O)C(N)CC(N)=O)C(=O)O. The Morgan fingerprint density at radius 2 is 1.63 bits per heavy atom. The van der Waals surface area contributed by atoms with Gasteiger partial charge in [-0.25, -0.2) is 4.79 Å². The van der Waals surface area contributed by atoms with E-state index < -0.39 is 41.8 Å². The summed E-state index contributed by atoms with van der Waals surface area (Å²) in [6.07, 6.45) is -0.235. The number of carbonyl (C=O) groups is 4. The number of primary amides is 1. The number of benzene rings is 1. The largest absolute Gasteiger partial charge is 0.480 e. The second kappa shape index (κ2) is 10.3. The molecule has 0 aliphatic carbocycles. The number of carbonyl (C=O) groups excluding carboxylic acids is 3. The summed E-state index contributed by atoms with van der Waals surface area (Å²) in [6, 6.07) is 5.54. The fraction of sp³-hybridized carbons (Fsp3) is 0.444. The monoisotopic (exact) mass is 378 g/mol. The Kier molecular flexibility index (Phi) is 8.40. The molecule has 148 valence electrons. The summed E-state index contributed by atoms with van der Waals surface area (Å²) < 4.78 is 0. The maximum absolute atomic E-state index is 12.6. The van der Waals surface area contributed by atoms with Crippen molar-refractivity contribution in [2.24, 2.45) is 17.4 Å². The fourth-order valence-corrected chi connectivity index (χ4v) is 2.41. The van der Waals surface area contributed by atoms with Crippen LogP contribution >= 0.6 is 0 Å². The minimum atomic E-state index is -1.20. The third-order valence-corrected chi connectivity index (χ3v) is 3.90. The second-order valence-corrected chi connectivity index (χ2v) is 6.60. The van der Waals surface area contributed by atoms with E-state index in [9.17, 15) is 24.3 Å². The van der Waals surface area contributed by atoms with Gasteiger partial charge in [-0.05, 0) is 11.5 Å². The Hall–Kier alpha value is -2.94. The molecule has 1 aromatic rings. The zero-order valence-electron chi connectivity index (χ0n) is 15.3. The number of hydrogen-bond donors (Lipinski definition) is 5. The minimum Gasteiger partial charge on any atom is -0.480 e. The van der Waals surface area contributed by atoms with E-state index in [0.717, 1.165) is 5.56 Å². The number of rotatable bonds is 10. The summed E-state index contributed by atoms with van der Waals surface area (Å²) in [6.45, 7) is 3.32. The van der Waals surface area contributed by atoms with Crippen molar-refractivity contribution in [2.45, 2.75) is 44.8 Å². The van der Waals surface area contributed by atoms with Crippen molar-refractivity contribution in [3.8, 4) is 0 Å². The van der Waals surface area contributed by atoms with Gasteiger partial charge in [0.25, 0.3) is 0 Å². The van der Waals surface area contributed by atoms with Crippen LogP contribution < -0.4 is 22.1 Å².